The number of rotatable bonds is 2. The molecule has 0 amide bonds. The van der Waals surface area contributed by atoms with Crippen LogP contribution in [0.3, 0.4) is 0 Å². The van der Waals surface area contributed by atoms with Crippen LogP contribution in [0, 0.1) is 28.6 Å². The van der Waals surface area contributed by atoms with Crippen LogP contribution in [0.5, 0.6) is 0 Å². The summed E-state index contributed by atoms with van der Waals surface area (Å²) in [5.41, 5.74) is -1.80. The van der Waals surface area contributed by atoms with E-state index in [2.05, 4.69) is 4.18 Å². The molecule has 3 fully saturated rings. The van der Waals surface area contributed by atoms with Crippen LogP contribution >= 0.6 is 0 Å². The van der Waals surface area contributed by atoms with E-state index in [1.165, 1.54) is 0 Å². The number of ketones is 1. The first kappa shape index (κ1) is 14.3. The van der Waals surface area contributed by atoms with Crippen LogP contribution in [0.1, 0.15) is 73.3 Å². The molecule has 4 aliphatic rings. The summed E-state index contributed by atoms with van der Waals surface area (Å²) in [6, 6.07) is -0.114. The van der Waals surface area contributed by atoms with Gasteiger partial charge in [-0.1, -0.05) is 25.5 Å². The maximum atomic E-state index is 12.6. The summed E-state index contributed by atoms with van der Waals surface area (Å²) in [6.45, 7) is 3.63. The first-order valence-electron chi connectivity index (χ1n) is 11.8. The molecule has 4 rings (SSSR count). The SMILES string of the molecule is [2H]C1=C2C([2H])([2H])[C@@]([2H])(OS(=O)(=O)[O-])C([2H])([2H])C[C@]2(C)[C@H]2CC[C@]3(C)C(=O)CC[C@H]3[C@@H]2C1.[Na+]. The predicted octanol–water partition coefficient (Wildman–Crippen LogP) is 0.368. The van der Waals surface area contributed by atoms with E-state index >= 15 is 0 Å². The van der Waals surface area contributed by atoms with Gasteiger partial charge in [0.2, 0.25) is 10.4 Å². The molecule has 0 radical (unpaired) electrons. The minimum atomic E-state index is -5.59. The van der Waals surface area contributed by atoms with Crippen LogP contribution in [0.4, 0.5) is 0 Å². The van der Waals surface area contributed by atoms with Crippen LogP contribution in [-0.4, -0.2) is 24.8 Å². The van der Waals surface area contributed by atoms with E-state index in [4.69, 9.17) is 8.22 Å². The number of carbonyl (C=O) groups is 1. The molecule has 0 bridgehead atoms. The van der Waals surface area contributed by atoms with Crippen LogP contribution in [0.2, 0.25) is 0 Å². The molecule has 0 spiro atoms. The van der Waals surface area contributed by atoms with Crippen molar-refractivity contribution in [3.63, 3.8) is 0 Å². The minimum absolute atomic E-state index is 0. The summed E-state index contributed by atoms with van der Waals surface area (Å²) < 4.78 is 89.2. The first-order valence-corrected chi connectivity index (χ1v) is 10.1. The zero-order valence-corrected chi connectivity index (χ0v) is 18.2. The topological polar surface area (TPSA) is 83.5 Å². The third-order valence-electron chi connectivity index (χ3n) is 7.09. The minimum Gasteiger partial charge on any atom is -0.726 e. The van der Waals surface area contributed by atoms with Crippen LogP contribution in [0.15, 0.2) is 11.6 Å². The van der Waals surface area contributed by atoms with Crippen molar-refractivity contribution in [1.29, 1.82) is 0 Å². The van der Waals surface area contributed by atoms with Gasteiger partial charge in [-0.3, -0.25) is 8.98 Å². The molecule has 140 valence electrons. The summed E-state index contributed by atoms with van der Waals surface area (Å²) >= 11 is 0. The Morgan fingerprint density at radius 2 is 2.00 bits per heavy atom. The van der Waals surface area contributed by atoms with E-state index in [0.717, 1.165) is 0 Å². The molecule has 5 nitrogen and oxygen atoms in total. The van der Waals surface area contributed by atoms with Crippen molar-refractivity contribution in [3.05, 3.63) is 11.6 Å². The van der Waals surface area contributed by atoms with Crippen molar-refractivity contribution < 1.29 is 59.7 Å². The van der Waals surface area contributed by atoms with Gasteiger partial charge in [-0.05, 0) is 68.0 Å². The molecule has 7 heteroatoms. The van der Waals surface area contributed by atoms with Crippen LogP contribution in [0.25, 0.3) is 0 Å². The summed E-state index contributed by atoms with van der Waals surface area (Å²) in [4.78, 5) is 12.6. The Morgan fingerprint density at radius 3 is 2.69 bits per heavy atom. The van der Waals surface area contributed by atoms with Gasteiger partial charge < -0.3 is 4.55 Å². The van der Waals surface area contributed by atoms with Gasteiger partial charge in [0.1, 0.15) is 5.78 Å². The molecular weight excluding hydrogens is 363 g/mol. The van der Waals surface area contributed by atoms with Crippen LogP contribution in [-0.2, 0) is 19.4 Å². The monoisotopic (exact) mass is 396 g/mol. The largest absolute Gasteiger partial charge is 1.00 e. The van der Waals surface area contributed by atoms with Crippen molar-refractivity contribution in [2.75, 3.05) is 0 Å². The average molecular weight is 397 g/mol. The molecule has 0 aromatic heterocycles. The van der Waals surface area contributed by atoms with Crippen molar-refractivity contribution in [2.45, 2.75) is 71.2 Å². The van der Waals surface area contributed by atoms with Crippen molar-refractivity contribution in [2.24, 2.45) is 28.6 Å². The zero-order chi connectivity index (χ0) is 23.4. The third kappa shape index (κ3) is 3.29. The quantitative estimate of drug-likeness (QED) is 0.291. The Labute approximate surface area is 187 Å². The maximum Gasteiger partial charge on any atom is 1.00 e. The average Bonchev–Trinajstić information content (AvgIpc) is 2.86. The fraction of sp³-hybridized carbons (Fsp3) is 0.842. The molecular formula is C19H27NaO5S. The van der Waals surface area contributed by atoms with E-state index < -0.39 is 46.5 Å². The van der Waals surface area contributed by atoms with Gasteiger partial charge in [0.15, 0.2) is 0 Å². The Morgan fingerprint density at radius 1 is 1.31 bits per heavy atom. The molecule has 26 heavy (non-hydrogen) atoms. The molecule has 0 unspecified atom stereocenters. The first-order chi connectivity index (χ1) is 13.9. The Balaban J connectivity index is 0.00000289. The van der Waals surface area contributed by atoms with Gasteiger partial charge in [0.05, 0.1) is 8.82 Å². The van der Waals surface area contributed by atoms with E-state index in [1.807, 2.05) is 6.92 Å². The molecule has 0 aliphatic heterocycles. The molecule has 6 atom stereocenters. The molecule has 0 saturated heterocycles. The van der Waals surface area contributed by atoms with Crippen LogP contribution < -0.4 is 29.6 Å². The fourth-order valence-corrected chi connectivity index (χ4v) is 6.03. The van der Waals surface area contributed by atoms with Crippen molar-refractivity contribution in [1.82, 2.24) is 0 Å². The molecule has 0 N–H and O–H groups in total. The summed E-state index contributed by atoms with van der Waals surface area (Å²) in [5.74, 6) is -0.0920. The Hall–Kier alpha value is 0.280. The van der Waals surface area contributed by atoms with E-state index in [0.29, 0.717) is 25.7 Å². The standard InChI is InChI=1S/C19H28O5S.Na/c1-18-9-7-13(24-25(21,22)23)11-12(18)3-4-14-15-5-6-17(20)19(15,2)10-8-16(14)18;/h3,13-16H,4-11H2,1-2H3,(H,21,22,23);/q;+1/p-1/t13-,14-,15-,16-,18-,19-;/m0./s1/i3D,7D2,11D2,13D;. The van der Waals surface area contributed by atoms with Gasteiger partial charge in [0, 0.05) is 17.3 Å². The van der Waals surface area contributed by atoms with E-state index in [1.54, 1.807) is 6.92 Å². The van der Waals surface area contributed by atoms with E-state index in [-0.39, 0.29) is 71.1 Å². The Bertz CT molecular complexity index is 987. The van der Waals surface area contributed by atoms with Gasteiger partial charge >= 0.3 is 29.6 Å². The second-order valence-electron chi connectivity index (χ2n) is 8.27. The predicted molar refractivity (Wildman–Crippen MR) is 91.3 cm³/mol. The number of carbonyl (C=O) groups excluding carboxylic acids is 1. The summed E-state index contributed by atoms with van der Waals surface area (Å²) in [5, 5.41) is 0. The second-order valence-corrected chi connectivity index (χ2v) is 9.25. The van der Waals surface area contributed by atoms with Gasteiger partial charge in [-0.25, -0.2) is 8.42 Å². The number of hydrogen-bond acceptors (Lipinski definition) is 5. The molecule has 0 aromatic carbocycles. The van der Waals surface area contributed by atoms with Gasteiger partial charge in [-0.15, -0.1) is 0 Å². The maximum absolute atomic E-state index is 12.6. The number of fused-ring (bicyclic) bond motifs is 5. The smallest absolute Gasteiger partial charge is 0.726 e. The summed E-state index contributed by atoms with van der Waals surface area (Å²) in [7, 11) is -5.59. The van der Waals surface area contributed by atoms with Crippen molar-refractivity contribution in [3.8, 4) is 0 Å². The normalized spacial score (nSPS) is 55.5. The zero-order valence-electron chi connectivity index (χ0n) is 21.4. The number of hydrogen-bond donors (Lipinski definition) is 0. The third-order valence-corrected chi connectivity index (χ3v) is 7.46. The Kier molecular flexibility index (Phi) is 3.82. The van der Waals surface area contributed by atoms with Gasteiger partial charge in [0.25, 0.3) is 0 Å². The van der Waals surface area contributed by atoms with Gasteiger partial charge in [-0.2, -0.15) is 0 Å². The molecule has 4 aliphatic carbocycles. The summed E-state index contributed by atoms with van der Waals surface area (Å²) in [6.07, 6.45) is -7.16. The number of Topliss-reactive ketones (excluding diaryl/α,β-unsaturated/α-hetero) is 1. The molecule has 0 aromatic rings. The molecule has 0 heterocycles. The fourth-order valence-electron chi connectivity index (χ4n) is 5.72. The van der Waals surface area contributed by atoms with E-state index in [9.17, 15) is 17.8 Å². The second kappa shape index (κ2) is 6.96. The molecule has 3 saturated carbocycles. The van der Waals surface area contributed by atoms with Crippen molar-refractivity contribution >= 4 is 16.2 Å². The number of allylic oxidation sites excluding steroid dienone is 1.